The topological polar surface area (TPSA) is 83.1 Å². The number of benzene rings is 1. The number of aryl methyl sites for hydroxylation is 1. The largest absolute Gasteiger partial charge is 0.478 e. The number of hydrogen-bond donors (Lipinski definition) is 1. The highest BCUT2D eigenvalue weighted by atomic mass is 79.9. The van der Waals surface area contributed by atoms with E-state index in [1.54, 1.807) is 32.0 Å². The Balaban J connectivity index is 2.89. The maximum absolute atomic E-state index is 12.2. The van der Waals surface area contributed by atoms with Gasteiger partial charge >= 0.3 is 5.97 Å². The summed E-state index contributed by atoms with van der Waals surface area (Å²) < 4.78 is 1.96. The van der Waals surface area contributed by atoms with Crippen molar-refractivity contribution >= 4 is 21.9 Å². The first-order valence-electron chi connectivity index (χ1n) is 6.03. The third kappa shape index (κ3) is 2.60. The van der Waals surface area contributed by atoms with Gasteiger partial charge in [-0.05, 0) is 37.6 Å². The molecule has 0 radical (unpaired) electrons. The SMILES string of the molecule is Cc1cc(=O)n(-c2ccc(Br)cc2C#N)c(C)c1C(=O)O. The molecule has 0 aliphatic rings. The molecule has 0 aliphatic carbocycles. The molecule has 1 aromatic heterocycles. The molecule has 1 N–H and O–H groups in total. The Kier molecular flexibility index (Phi) is 3.96. The fraction of sp³-hybridized carbons (Fsp3) is 0.133. The minimum absolute atomic E-state index is 0.0707. The van der Waals surface area contributed by atoms with Gasteiger partial charge in [0.15, 0.2) is 0 Å². The summed E-state index contributed by atoms with van der Waals surface area (Å²) in [5, 5.41) is 18.5. The van der Waals surface area contributed by atoms with E-state index in [9.17, 15) is 20.0 Å². The van der Waals surface area contributed by atoms with Crippen LogP contribution in [0.4, 0.5) is 0 Å². The van der Waals surface area contributed by atoms with Gasteiger partial charge < -0.3 is 5.11 Å². The molecule has 2 aromatic rings. The monoisotopic (exact) mass is 346 g/mol. The van der Waals surface area contributed by atoms with Crippen molar-refractivity contribution in [3.05, 3.63) is 61.5 Å². The molecule has 1 heterocycles. The number of pyridine rings is 1. The first kappa shape index (κ1) is 15.0. The number of aromatic nitrogens is 1. The maximum Gasteiger partial charge on any atom is 0.337 e. The van der Waals surface area contributed by atoms with E-state index in [0.717, 1.165) is 0 Å². The second kappa shape index (κ2) is 5.54. The second-order valence-corrected chi connectivity index (χ2v) is 5.46. The number of halogens is 1. The number of aromatic carboxylic acids is 1. The summed E-state index contributed by atoms with van der Waals surface area (Å²) in [5.41, 5.74) is 1.05. The number of carboxylic acids is 1. The van der Waals surface area contributed by atoms with Crippen LogP contribution in [0.15, 0.2) is 33.5 Å². The molecule has 0 saturated carbocycles. The summed E-state index contributed by atoms with van der Waals surface area (Å²) in [6.07, 6.45) is 0. The third-order valence-electron chi connectivity index (χ3n) is 3.19. The van der Waals surface area contributed by atoms with Crippen molar-refractivity contribution in [1.82, 2.24) is 4.57 Å². The van der Waals surface area contributed by atoms with Gasteiger partial charge in [0.2, 0.25) is 0 Å². The van der Waals surface area contributed by atoms with Gasteiger partial charge in [-0.1, -0.05) is 15.9 Å². The molecule has 0 unspecified atom stereocenters. The van der Waals surface area contributed by atoms with Gasteiger partial charge in [-0.3, -0.25) is 9.36 Å². The first-order valence-corrected chi connectivity index (χ1v) is 6.82. The number of rotatable bonds is 2. The summed E-state index contributed by atoms with van der Waals surface area (Å²) in [7, 11) is 0. The standard InChI is InChI=1S/C15H11BrN2O3/c1-8-5-13(19)18(9(2)14(8)15(20)21)12-4-3-11(16)6-10(12)7-17/h3-6H,1-2H3,(H,20,21). The highest BCUT2D eigenvalue weighted by Gasteiger charge is 2.18. The molecule has 21 heavy (non-hydrogen) atoms. The van der Waals surface area contributed by atoms with Crippen molar-refractivity contribution in [2.75, 3.05) is 0 Å². The zero-order valence-corrected chi connectivity index (χ0v) is 12.9. The highest BCUT2D eigenvalue weighted by molar-refractivity contribution is 9.10. The van der Waals surface area contributed by atoms with Crippen molar-refractivity contribution in [3.63, 3.8) is 0 Å². The molecule has 0 fully saturated rings. The summed E-state index contributed by atoms with van der Waals surface area (Å²) >= 11 is 3.26. The second-order valence-electron chi connectivity index (χ2n) is 4.54. The fourth-order valence-electron chi connectivity index (χ4n) is 2.30. The normalized spacial score (nSPS) is 10.2. The average Bonchev–Trinajstić information content (AvgIpc) is 2.39. The molecule has 1 aromatic carbocycles. The number of nitriles is 1. The van der Waals surface area contributed by atoms with Crippen LogP contribution in [-0.2, 0) is 0 Å². The predicted molar refractivity (Wildman–Crippen MR) is 80.9 cm³/mol. The molecular formula is C15H11BrN2O3. The van der Waals surface area contributed by atoms with E-state index in [2.05, 4.69) is 15.9 Å². The van der Waals surface area contributed by atoms with Gasteiger partial charge in [-0.15, -0.1) is 0 Å². The molecule has 0 atom stereocenters. The van der Waals surface area contributed by atoms with E-state index in [4.69, 9.17) is 0 Å². The lowest BCUT2D eigenvalue weighted by molar-refractivity contribution is 0.0694. The molecule has 0 spiro atoms. The molecule has 0 saturated heterocycles. The van der Waals surface area contributed by atoms with Crippen LogP contribution >= 0.6 is 15.9 Å². The zero-order valence-electron chi connectivity index (χ0n) is 11.3. The van der Waals surface area contributed by atoms with Crippen LogP contribution in [0.2, 0.25) is 0 Å². The summed E-state index contributed by atoms with van der Waals surface area (Å²) in [6.45, 7) is 3.13. The molecular weight excluding hydrogens is 336 g/mol. The minimum Gasteiger partial charge on any atom is -0.478 e. The van der Waals surface area contributed by atoms with Crippen LogP contribution in [0.25, 0.3) is 5.69 Å². The number of carboxylic acid groups (broad SMARTS) is 1. The van der Waals surface area contributed by atoms with E-state index in [1.165, 1.54) is 10.6 Å². The van der Waals surface area contributed by atoms with Crippen molar-refractivity contribution in [1.29, 1.82) is 5.26 Å². The molecule has 0 aliphatic heterocycles. The van der Waals surface area contributed by atoms with Gasteiger partial charge in [-0.25, -0.2) is 4.79 Å². The quantitative estimate of drug-likeness (QED) is 0.906. The maximum atomic E-state index is 12.2. The van der Waals surface area contributed by atoms with E-state index >= 15 is 0 Å². The van der Waals surface area contributed by atoms with Crippen LogP contribution < -0.4 is 5.56 Å². The first-order chi connectivity index (χ1) is 9.86. The molecule has 0 amide bonds. The Bertz CT molecular complexity index is 847. The average molecular weight is 347 g/mol. The van der Waals surface area contributed by atoms with Gasteiger partial charge in [0.05, 0.1) is 16.8 Å². The summed E-state index contributed by atoms with van der Waals surface area (Å²) in [4.78, 5) is 23.6. The number of nitrogens with zero attached hydrogens (tertiary/aromatic N) is 2. The van der Waals surface area contributed by atoms with Crippen molar-refractivity contribution < 1.29 is 9.90 Å². The molecule has 5 nitrogen and oxygen atoms in total. The Morgan fingerprint density at radius 3 is 2.57 bits per heavy atom. The van der Waals surface area contributed by atoms with Crippen LogP contribution in [0.1, 0.15) is 27.2 Å². The lowest BCUT2D eigenvalue weighted by atomic mass is 10.1. The van der Waals surface area contributed by atoms with Crippen LogP contribution in [-0.4, -0.2) is 15.6 Å². The van der Waals surface area contributed by atoms with E-state index in [1.807, 2.05) is 6.07 Å². The zero-order chi connectivity index (χ0) is 15.7. The predicted octanol–water partition coefficient (Wildman–Crippen LogP) is 2.79. The fourth-order valence-corrected chi connectivity index (χ4v) is 2.66. The molecule has 0 bridgehead atoms. The van der Waals surface area contributed by atoms with E-state index in [0.29, 0.717) is 21.4 Å². The van der Waals surface area contributed by atoms with Crippen LogP contribution in [0.3, 0.4) is 0 Å². The summed E-state index contributed by atoms with van der Waals surface area (Å²) in [5.74, 6) is -1.10. The number of carbonyl (C=O) groups is 1. The molecule has 2 rings (SSSR count). The van der Waals surface area contributed by atoms with E-state index < -0.39 is 5.97 Å². The molecule has 6 heteroatoms. The summed E-state index contributed by atoms with van der Waals surface area (Å²) in [6, 6.07) is 8.17. The van der Waals surface area contributed by atoms with Gasteiger partial charge in [0.1, 0.15) is 6.07 Å². The Morgan fingerprint density at radius 2 is 2.00 bits per heavy atom. The van der Waals surface area contributed by atoms with Crippen molar-refractivity contribution in [2.45, 2.75) is 13.8 Å². The van der Waals surface area contributed by atoms with E-state index in [-0.39, 0.29) is 16.7 Å². The van der Waals surface area contributed by atoms with Gasteiger partial charge in [0, 0.05) is 16.2 Å². The highest BCUT2D eigenvalue weighted by Crippen LogP contribution is 2.21. The van der Waals surface area contributed by atoms with Crippen molar-refractivity contribution in [3.8, 4) is 11.8 Å². The minimum atomic E-state index is -1.10. The lowest BCUT2D eigenvalue weighted by Gasteiger charge is -2.15. The molecule has 106 valence electrons. The smallest absolute Gasteiger partial charge is 0.337 e. The van der Waals surface area contributed by atoms with Crippen LogP contribution in [0, 0.1) is 25.2 Å². The Morgan fingerprint density at radius 1 is 1.33 bits per heavy atom. The van der Waals surface area contributed by atoms with Gasteiger partial charge in [-0.2, -0.15) is 5.26 Å². The van der Waals surface area contributed by atoms with Crippen LogP contribution in [0.5, 0.6) is 0 Å². The Hall–Kier alpha value is -2.39. The van der Waals surface area contributed by atoms with Crippen molar-refractivity contribution in [2.24, 2.45) is 0 Å². The Labute approximate surface area is 129 Å². The third-order valence-corrected chi connectivity index (χ3v) is 3.68. The lowest BCUT2D eigenvalue weighted by Crippen LogP contribution is -2.24. The number of hydrogen-bond acceptors (Lipinski definition) is 3. The van der Waals surface area contributed by atoms with Gasteiger partial charge in [0.25, 0.3) is 5.56 Å².